The number of hydrogen-bond donors (Lipinski definition) is 3. The van der Waals surface area contributed by atoms with Gasteiger partial charge in [-0.05, 0) is 23.8 Å². The Morgan fingerprint density at radius 1 is 0.806 bits per heavy atom. The average molecular weight is 510 g/mol. The van der Waals surface area contributed by atoms with Crippen LogP contribution in [0.2, 0.25) is 0 Å². The summed E-state index contributed by atoms with van der Waals surface area (Å²) in [5.41, 5.74) is -6.85. The number of alkyl halides is 6. The number of hydrogen-bond acceptors (Lipinski definition) is 5. The van der Waals surface area contributed by atoms with Gasteiger partial charge in [0.1, 0.15) is 5.82 Å². The topological polar surface area (TPSA) is 95.6 Å². The molecule has 0 fully saturated rings. The molecule has 1 heterocycles. The van der Waals surface area contributed by atoms with Gasteiger partial charge in [-0.3, -0.25) is 9.36 Å². The van der Waals surface area contributed by atoms with Crippen LogP contribution in [-0.2, 0) is 12.0 Å². The van der Waals surface area contributed by atoms with Gasteiger partial charge in [0.2, 0.25) is 0 Å². The molecule has 3 aromatic carbocycles. The van der Waals surface area contributed by atoms with Crippen molar-refractivity contribution >= 4 is 10.9 Å². The third kappa shape index (κ3) is 4.13. The van der Waals surface area contributed by atoms with Crippen molar-refractivity contribution in [1.82, 2.24) is 9.55 Å². The summed E-state index contributed by atoms with van der Waals surface area (Å²) in [6.07, 6.45) is -12.1. The molecule has 36 heavy (non-hydrogen) atoms. The maximum absolute atomic E-state index is 13.3. The Kier molecular flexibility index (Phi) is 5.95. The van der Waals surface area contributed by atoms with Gasteiger partial charge in [0.15, 0.2) is 11.5 Å². The molecule has 188 valence electrons. The van der Waals surface area contributed by atoms with Crippen molar-refractivity contribution in [2.24, 2.45) is 0 Å². The van der Waals surface area contributed by atoms with Crippen molar-refractivity contribution in [1.29, 1.82) is 0 Å². The third-order valence-electron chi connectivity index (χ3n) is 5.60. The van der Waals surface area contributed by atoms with Gasteiger partial charge < -0.3 is 15.3 Å². The second-order valence-corrected chi connectivity index (χ2v) is 7.94. The number of rotatable bonds is 4. The minimum atomic E-state index is -6.06. The molecule has 0 atom stereocenters. The fourth-order valence-electron chi connectivity index (χ4n) is 3.76. The molecule has 3 N–H and O–H groups in total. The SMILES string of the molecule is O=c1c2cc(O)c(O)cc2nc(Cc2ccccc2)n1-c1ccc(C(O)(C(F)(F)F)C(F)(F)F)cc1. The van der Waals surface area contributed by atoms with Gasteiger partial charge in [-0.25, -0.2) is 4.98 Å². The Morgan fingerprint density at radius 2 is 1.36 bits per heavy atom. The third-order valence-corrected chi connectivity index (χ3v) is 5.60. The fourth-order valence-corrected chi connectivity index (χ4v) is 3.76. The van der Waals surface area contributed by atoms with Gasteiger partial charge in [0.05, 0.1) is 16.6 Å². The first-order valence-electron chi connectivity index (χ1n) is 10.2. The fraction of sp³-hybridized carbons (Fsp3) is 0.167. The smallest absolute Gasteiger partial charge is 0.430 e. The number of aromatic nitrogens is 2. The van der Waals surface area contributed by atoms with E-state index in [1.54, 1.807) is 30.3 Å². The number of benzene rings is 3. The summed E-state index contributed by atoms with van der Waals surface area (Å²) in [7, 11) is 0. The normalized spacial score (nSPS) is 12.8. The van der Waals surface area contributed by atoms with Gasteiger partial charge in [-0.2, -0.15) is 26.3 Å². The largest absolute Gasteiger partial charge is 0.504 e. The summed E-state index contributed by atoms with van der Waals surface area (Å²) >= 11 is 0. The zero-order valence-corrected chi connectivity index (χ0v) is 18.0. The molecule has 0 amide bonds. The number of aromatic hydroxyl groups is 2. The second-order valence-electron chi connectivity index (χ2n) is 7.94. The molecule has 0 aliphatic carbocycles. The zero-order valence-electron chi connectivity index (χ0n) is 18.0. The summed E-state index contributed by atoms with van der Waals surface area (Å²) in [5, 5.41) is 29.1. The number of fused-ring (bicyclic) bond motifs is 1. The average Bonchev–Trinajstić information content (AvgIpc) is 2.80. The summed E-state index contributed by atoms with van der Waals surface area (Å²) in [4.78, 5) is 17.7. The lowest BCUT2D eigenvalue weighted by atomic mass is 9.92. The van der Waals surface area contributed by atoms with Crippen LogP contribution in [0.25, 0.3) is 16.6 Å². The van der Waals surface area contributed by atoms with E-state index in [1.807, 2.05) is 0 Å². The zero-order chi connectivity index (χ0) is 26.5. The Morgan fingerprint density at radius 3 is 1.92 bits per heavy atom. The van der Waals surface area contributed by atoms with Crippen LogP contribution < -0.4 is 5.56 Å². The van der Waals surface area contributed by atoms with Gasteiger partial charge in [0.25, 0.3) is 11.2 Å². The maximum atomic E-state index is 13.3. The van der Waals surface area contributed by atoms with Crippen LogP contribution >= 0.6 is 0 Å². The number of phenolic OH excluding ortho intramolecular Hbond substituents is 2. The summed E-state index contributed by atoms with van der Waals surface area (Å²) in [6.45, 7) is 0. The molecular formula is C24H16F6N2O4. The van der Waals surface area contributed by atoms with Crippen LogP contribution in [-0.4, -0.2) is 37.2 Å². The second kappa shape index (κ2) is 8.55. The van der Waals surface area contributed by atoms with Crippen LogP contribution in [0.3, 0.4) is 0 Å². The van der Waals surface area contributed by atoms with E-state index in [4.69, 9.17) is 0 Å². The molecule has 0 aliphatic heterocycles. The molecular weight excluding hydrogens is 494 g/mol. The number of nitrogens with zero attached hydrogens (tertiary/aromatic N) is 2. The van der Waals surface area contributed by atoms with Gasteiger partial charge in [-0.15, -0.1) is 0 Å². The minimum Gasteiger partial charge on any atom is -0.504 e. The highest BCUT2D eigenvalue weighted by Crippen LogP contribution is 2.50. The van der Waals surface area contributed by atoms with E-state index in [1.165, 1.54) is 0 Å². The van der Waals surface area contributed by atoms with E-state index < -0.39 is 40.6 Å². The van der Waals surface area contributed by atoms with Crippen LogP contribution in [0, 0.1) is 0 Å². The number of phenols is 2. The first-order valence-corrected chi connectivity index (χ1v) is 10.2. The highest BCUT2D eigenvalue weighted by atomic mass is 19.4. The van der Waals surface area contributed by atoms with Crippen molar-refractivity contribution in [2.45, 2.75) is 24.4 Å². The van der Waals surface area contributed by atoms with Crippen molar-refractivity contribution in [3.05, 3.63) is 94.0 Å². The predicted octanol–water partition coefficient (Wildman–Crippen LogP) is 4.70. The quantitative estimate of drug-likeness (QED) is 0.273. The van der Waals surface area contributed by atoms with Crippen LogP contribution in [0.4, 0.5) is 26.3 Å². The molecule has 0 radical (unpaired) electrons. The predicted molar refractivity (Wildman–Crippen MR) is 116 cm³/mol. The molecule has 0 unspecified atom stereocenters. The highest BCUT2D eigenvalue weighted by Gasteiger charge is 2.71. The standard InChI is InChI=1S/C24H16F6N2O4/c25-23(26,27)22(36,24(28,29)30)14-6-8-15(9-7-14)32-20(10-13-4-2-1-3-5-13)31-17-12-19(34)18(33)11-16(17)21(32)35/h1-9,11-12,33-34,36H,10H2. The summed E-state index contributed by atoms with van der Waals surface area (Å²) in [6, 6.07) is 13.1. The molecule has 0 aliphatic rings. The van der Waals surface area contributed by atoms with E-state index in [0.29, 0.717) is 17.7 Å². The molecule has 0 bridgehead atoms. The van der Waals surface area contributed by atoms with E-state index in [2.05, 4.69) is 4.98 Å². The van der Waals surface area contributed by atoms with E-state index in [0.717, 1.165) is 28.8 Å². The van der Waals surface area contributed by atoms with E-state index in [9.17, 15) is 46.5 Å². The van der Waals surface area contributed by atoms with E-state index >= 15 is 0 Å². The van der Waals surface area contributed by atoms with Crippen LogP contribution in [0.1, 0.15) is 17.0 Å². The number of aliphatic hydroxyl groups is 1. The first kappa shape index (κ1) is 25.0. The van der Waals surface area contributed by atoms with Crippen molar-refractivity contribution in [2.75, 3.05) is 0 Å². The van der Waals surface area contributed by atoms with Gasteiger partial charge in [-0.1, -0.05) is 42.5 Å². The Labute approximate surface area is 198 Å². The lowest BCUT2D eigenvalue weighted by Gasteiger charge is -2.32. The summed E-state index contributed by atoms with van der Waals surface area (Å²) < 4.78 is 80.4. The summed E-state index contributed by atoms with van der Waals surface area (Å²) in [5.74, 6) is -1.11. The molecule has 0 spiro atoms. The molecule has 0 saturated heterocycles. The maximum Gasteiger partial charge on any atom is 0.430 e. The van der Waals surface area contributed by atoms with Crippen molar-refractivity contribution in [3.8, 4) is 17.2 Å². The van der Waals surface area contributed by atoms with Crippen molar-refractivity contribution < 1.29 is 41.7 Å². The Bertz CT molecular complexity index is 1470. The van der Waals surface area contributed by atoms with E-state index in [-0.39, 0.29) is 28.8 Å². The Balaban J connectivity index is 1.93. The minimum absolute atomic E-state index is 0.0117. The Hall–Kier alpha value is -4.06. The molecule has 1 aromatic heterocycles. The molecule has 4 aromatic rings. The lowest BCUT2D eigenvalue weighted by molar-refractivity contribution is -0.376. The van der Waals surface area contributed by atoms with Crippen molar-refractivity contribution in [3.63, 3.8) is 0 Å². The van der Waals surface area contributed by atoms with Gasteiger partial charge >= 0.3 is 12.4 Å². The highest BCUT2D eigenvalue weighted by molar-refractivity contribution is 5.82. The molecule has 12 heteroatoms. The number of halogens is 6. The van der Waals surface area contributed by atoms with Crippen LogP contribution in [0.5, 0.6) is 11.5 Å². The molecule has 0 saturated carbocycles. The monoisotopic (exact) mass is 510 g/mol. The molecule has 6 nitrogen and oxygen atoms in total. The molecule has 4 rings (SSSR count). The first-order chi connectivity index (χ1) is 16.7. The lowest BCUT2D eigenvalue weighted by Crippen LogP contribution is -2.53. The van der Waals surface area contributed by atoms with Gasteiger partial charge in [0, 0.05) is 18.1 Å². The van der Waals surface area contributed by atoms with Crippen LogP contribution in [0.15, 0.2) is 71.5 Å².